The highest BCUT2D eigenvalue weighted by molar-refractivity contribution is 6.03. The fourth-order valence-electron chi connectivity index (χ4n) is 5.03. The van der Waals surface area contributed by atoms with Crippen molar-refractivity contribution in [2.24, 2.45) is 5.73 Å². The number of nitrogens with two attached hydrogens (primary N) is 1. The number of nitrogens with one attached hydrogen (secondary N) is 3. The normalized spacial score (nSPS) is 19.4. The summed E-state index contributed by atoms with van der Waals surface area (Å²) >= 11 is 0. The van der Waals surface area contributed by atoms with Crippen molar-refractivity contribution in [2.75, 3.05) is 47.2 Å². The lowest BCUT2D eigenvalue weighted by atomic mass is 9.92. The Kier molecular flexibility index (Phi) is 7.38. The zero-order chi connectivity index (χ0) is 27.5. The first kappa shape index (κ1) is 25.9. The van der Waals surface area contributed by atoms with Crippen molar-refractivity contribution in [3.05, 3.63) is 60.6 Å². The van der Waals surface area contributed by atoms with Gasteiger partial charge in [-0.25, -0.2) is 18.9 Å². The summed E-state index contributed by atoms with van der Waals surface area (Å²) in [5.41, 5.74) is 8.33. The number of hydrogen-bond donors (Lipinski definition) is 4. The van der Waals surface area contributed by atoms with Crippen molar-refractivity contribution in [3.8, 4) is 0 Å². The molecule has 1 saturated heterocycles. The smallest absolute Gasteiger partial charge is 0.276 e. The van der Waals surface area contributed by atoms with Gasteiger partial charge in [0.25, 0.3) is 5.91 Å². The van der Waals surface area contributed by atoms with Crippen LogP contribution in [0.25, 0.3) is 5.65 Å². The van der Waals surface area contributed by atoms with Crippen LogP contribution in [0.15, 0.2) is 49.1 Å². The number of imidazole rings is 1. The number of carbonyl (C=O) groups excluding carboxylic acids is 1. The lowest BCUT2D eigenvalue weighted by Gasteiger charge is -2.28. The second kappa shape index (κ2) is 11.4. The minimum absolute atomic E-state index is 0.0191. The molecule has 6 rings (SSSR count). The number of aromatic nitrogens is 5. The number of fused-ring (bicyclic) bond motifs is 1. The number of pyridine rings is 2. The maximum atomic E-state index is 14.2. The van der Waals surface area contributed by atoms with E-state index in [1.807, 2.05) is 24.4 Å². The molecule has 1 saturated carbocycles. The largest absolute Gasteiger partial charge is 0.378 e. The zero-order valence-corrected chi connectivity index (χ0v) is 21.9. The van der Waals surface area contributed by atoms with Gasteiger partial charge in [0, 0.05) is 37.4 Å². The first-order chi connectivity index (χ1) is 19.5. The Balaban J connectivity index is 1.30. The van der Waals surface area contributed by atoms with Gasteiger partial charge in [-0.1, -0.05) is 0 Å². The van der Waals surface area contributed by atoms with Crippen LogP contribution in [0.2, 0.25) is 0 Å². The van der Waals surface area contributed by atoms with Crippen molar-refractivity contribution in [1.29, 1.82) is 0 Å². The molecular weight excluding hydrogens is 515 g/mol. The summed E-state index contributed by atoms with van der Waals surface area (Å²) in [5.74, 6) is 0.00406. The van der Waals surface area contributed by atoms with E-state index in [0.29, 0.717) is 36.2 Å². The lowest BCUT2D eigenvalue weighted by Crippen LogP contribution is -2.36. The minimum Gasteiger partial charge on any atom is -0.378 e. The third-order valence-corrected chi connectivity index (χ3v) is 7.23. The van der Waals surface area contributed by atoms with Crippen LogP contribution < -0.4 is 26.6 Å². The SMILES string of the molecule is NC1CCC(Nc2cc(Nc3ccc(N4CCOCC4)cn3)c3ncc(C(=O)Nc4ccncc4F)n3n2)CC1. The summed E-state index contributed by atoms with van der Waals surface area (Å²) in [4.78, 5) is 28.2. The highest BCUT2D eigenvalue weighted by atomic mass is 19.1. The number of halogens is 1. The van der Waals surface area contributed by atoms with Gasteiger partial charge in [0.1, 0.15) is 11.6 Å². The molecule has 40 heavy (non-hydrogen) atoms. The van der Waals surface area contributed by atoms with Crippen LogP contribution in [0, 0.1) is 5.82 Å². The number of rotatable bonds is 7. The average molecular weight is 547 g/mol. The van der Waals surface area contributed by atoms with Gasteiger partial charge >= 0.3 is 0 Å². The molecule has 13 heteroatoms. The van der Waals surface area contributed by atoms with E-state index < -0.39 is 11.7 Å². The summed E-state index contributed by atoms with van der Waals surface area (Å²) < 4.78 is 21.0. The molecule has 0 radical (unpaired) electrons. The Morgan fingerprint density at radius 1 is 1.00 bits per heavy atom. The van der Waals surface area contributed by atoms with Crippen molar-refractivity contribution >= 4 is 40.3 Å². The van der Waals surface area contributed by atoms with E-state index in [1.54, 1.807) is 0 Å². The average Bonchev–Trinajstić information content (AvgIpc) is 3.41. The molecule has 4 aromatic heterocycles. The van der Waals surface area contributed by atoms with Crippen LogP contribution in [-0.4, -0.2) is 68.9 Å². The highest BCUT2D eigenvalue weighted by Crippen LogP contribution is 2.27. The molecule has 4 aromatic rings. The van der Waals surface area contributed by atoms with Crippen molar-refractivity contribution in [2.45, 2.75) is 37.8 Å². The second-order valence-electron chi connectivity index (χ2n) is 10.0. The summed E-state index contributed by atoms with van der Waals surface area (Å²) in [6.07, 6.45) is 9.40. The molecule has 1 amide bonds. The van der Waals surface area contributed by atoms with Crippen molar-refractivity contribution in [1.82, 2.24) is 24.6 Å². The van der Waals surface area contributed by atoms with Gasteiger partial charge in [-0.3, -0.25) is 9.78 Å². The molecule has 2 aliphatic rings. The predicted molar refractivity (Wildman–Crippen MR) is 150 cm³/mol. The van der Waals surface area contributed by atoms with Crippen LogP contribution in [0.3, 0.4) is 0 Å². The number of anilines is 5. The molecule has 0 atom stereocenters. The topological polar surface area (TPSA) is 148 Å². The Bertz CT molecular complexity index is 1480. The monoisotopic (exact) mass is 546 g/mol. The molecule has 0 spiro atoms. The lowest BCUT2D eigenvalue weighted by molar-refractivity contribution is 0.102. The van der Waals surface area contributed by atoms with E-state index in [4.69, 9.17) is 10.5 Å². The summed E-state index contributed by atoms with van der Waals surface area (Å²) in [7, 11) is 0. The number of ether oxygens (including phenoxy) is 1. The van der Waals surface area contributed by atoms with Gasteiger partial charge in [-0.05, 0) is 43.9 Å². The number of morpholine rings is 1. The van der Waals surface area contributed by atoms with Crippen molar-refractivity contribution < 1.29 is 13.9 Å². The first-order valence-corrected chi connectivity index (χ1v) is 13.4. The van der Waals surface area contributed by atoms with Crippen molar-refractivity contribution in [3.63, 3.8) is 0 Å². The fourth-order valence-corrected chi connectivity index (χ4v) is 5.03. The zero-order valence-electron chi connectivity index (χ0n) is 21.9. The molecule has 2 fully saturated rings. The molecular formula is C27H31FN10O2. The number of carbonyl (C=O) groups is 1. The molecule has 5 N–H and O–H groups in total. The van der Waals surface area contributed by atoms with Crippen LogP contribution in [-0.2, 0) is 4.74 Å². The molecule has 208 valence electrons. The number of hydrogen-bond acceptors (Lipinski definition) is 10. The van der Waals surface area contributed by atoms with E-state index in [1.165, 1.54) is 23.0 Å². The van der Waals surface area contributed by atoms with Crippen LogP contribution in [0.1, 0.15) is 36.2 Å². The summed E-state index contributed by atoms with van der Waals surface area (Å²) in [6, 6.07) is 7.59. The molecule has 1 aliphatic carbocycles. The predicted octanol–water partition coefficient (Wildman–Crippen LogP) is 3.17. The van der Waals surface area contributed by atoms with E-state index in [0.717, 1.165) is 50.7 Å². The standard InChI is InChI=1S/C27H31FN10O2/c28-20-15-30-8-7-21(20)35-27(39)23-16-32-26-22(13-25(36-38(23)26)33-18-3-1-17(29)2-4-18)34-24-6-5-19(14-31-24)37-9-11-40-12-10-37/h5-8,13-18H,1-4,9-12,29H2,(H,31,34)(H,33,36)(H,30,35,39). The minimum atomic E-state index is -0.635. The third kappa shape index (κ3) is 5.65. The molecule has 1 aliphatic heterocycles. The van der Waals surface area contributed by atoms with Gasteiger partial charge in [0.15, 0.2) is 17.2 Å². The first-order valence-electron chi connectivity index (χ1n) is 13.4. The molecule has 0 unspecified atom stereocenters. The fraction of sp³-hybridized carbons (Fsp3) is 0.370. The quantitative estimate of drug-likeness (QED) is 0.272. The van der Waals surface area contributed by atoms with Gasteiger partial charge in [0.2, 0.25) is 0 Å². The van der Waals surface area contributed by atoms with E-state index >= 15 is 0 Å². The summed E-state index contributed by atoms with van der Waals surface area (Å²) in [6.45, 7) is 3.04. The maximum absolute atomic E-state index is 14.2. The van der Waals surface area contributed by atoms with Gasteiger partial charge in [-0.15, -0.1) is 5.10 Å². The third-order valence-electron chi connectivity index (χ3n) is 7.23. The van der Waals surface area contributed by atoms with Gasteiger partial charge in [0.05, 0.1) is 48.9 Å². The van der Waals surface area contributed by atoms with E-state index in [-0.39, 0.29) is 23.5 Å². The maximum Gasteiger partial charge on any atom is 0.276 e. The van der Waals surface area contributed by atoms with Crippen LogP contribution in [0.5, 0.6) is 0 Å². The molecule has 5 heterocycles. The second-order valence-corrected chi connectivity index (χ2v) is 10.0. The summed E-state index contributed by atoms with van der Waals surface area (Å²) in [5, 5.41) is 14.1. The van der Waals surface area contributed by atoms with E-state index in [9.17, 15) is 9.18 Å². The number of nitrogens with zero attached hydrogens (tertiary/aromatic N) is 6. The Morgan fingerprint density at radius 3 is 2.58 bits per heavy atom. The van der Waals surface area contributed by atoms with E-state index in [2.05, 4.69) is 40.9 Å². The molecule has 0 aromatic carbocycles. The van der Waals surface area contributed by atoms with Crippen LogP contribution >= 0.6 is 0 Å². The Labute approximate surface area is 230 Å². The molecule has 12 nitrogen and oxygen atoms in total. The number of amides is 1. The van der Waals surface area contributed by atoms with Gasteiger partial charge < -0.3 is 31.3 Å². The Hall–Kier alpha value is -4.36. The van der Waals surface area contributed by atoms with Gasteiger partial charge in [-0.2, -0.15) is 0 Å². The Morgan fingerprint density at radius 2 is 1.82 bits per heavy atom. The van der Waals surface area contributed by atoms with Crippen LogP contribution in [0.4, 0.5) is 33.1 Å². The highest BCUT2D eigenvalue weighted by Gasteiger charge is 2.22. The molecule has 0 bridgehead atoms.